The van der Waals surface area contributed by atoms with Crippen molar-refractivity contribution in [1.82, 2.24) is 14.7 Å². The van der Waals surface area contributed by atoms with Crippen molar-refractivity contribution < 1.29 is 9.90 Å². The van der Waals surface area contributed by atoms with Crippen molar-refractivity contribution in [3.8, 4) is 5.69 Å². The topological polar surface area (TPSA) is 58.4 Å². The Balaban J connectivity index is 1.74. The molecule has 1 heterocycles. The minimum absolute atomic E-state index is 0.149. The van der Waals surface area contributed by atoms with Crippen molar-refractivity contribution in [2.75, 3.05) is 13.6 Å². The molecule has 1 amide bonds. The fraction of sp³-hybridized carbons (Fsp3) is 0.412. The summed E-state index contributed by atoms with van der Waals surface area (Å²) in [6.07, 6.45) is 6.73. The molecule has 0 atom stereocenters. The Bertz CT molecular complexity index is 707. The second kappa shape index (κ2) is 6.34. The van der Waals surface area contributed by atoms with E-state index in [2.05, 4.69) is 5.10 Å². The maximum atomic E-state index is 12.5. The largest absolute Gasteiger partial charge is 0.388 e. The number of halogens is 1. The van der Waals surface area contributed by atoms with Crippen molar-refractivity contribution in [2.45, 2.75) is 31.3 Å². The quantitative estimate of drug-likeness (QED) is 0.936. The van der Waals surface area contributed by atoms with Crippen LogP contribution in [-0.2, 0) is 0 Å². The highest BCUT2D eigenvalue weighted by Crippen LogP contribution is 2.30. The van der Waals surface area contributed by atoms with E-state index in [0.717, 1.165) is 31.4 Å². The van der Waals surface area contributed by atoms with E-state index in [1.807, 2.05) is 18.2 Å². The third-order valence-corrected chi connectivity index (χ3v) is 4.66. The summed E-state index contributed by atoms with van der Waals surface area (Å²) in [4.78, 5) is 14.1. The van der Waals surface area contributed by atoms with Gasteiger partial charge in [0.1, 0.15) is 0 Å². The lowest BCUT2D eigenvalue weighted by Crippen LogP contribution is -2.41. The van der Waals surface area contributed by atoms with Crippen LogP contribution in [0.25, 0.3) is 5.69 Å². The second-order valence-electron chi connectivity index (χ2n) is 6.22. The molecule has 0 radical (unpaired) electrons. The standard InChI is InChI=1S/C17H20ClN3O2/c1-20(12-17(23)8-4-5-9-17)16(22)13-10-19-21(11-13)15-7-3-2-6-14(15)18/h2-3,6-7,10-11,23H,4-5,8-9,12H2,1H3. The molecule has 6 heteroatoms. The van der Waals surface area contributed by atoms with E-state index in [0.29, 0.717) is 17.1 Å². The maximum absolute atomic E-state index is 12.5. The normalized spacial score (nSPS) is 16.5. The van der Waals surface area contributed by atoms with Crippen LogP contribution in [0.4, 0.5) is 0 Å². The molecule has 122 valence electrons. The first-order valence-electron chi connectivity index (χ1n) is 7.76. The van der Waals surface area contributed by atoms with Crippen LogP contribution in [0.3, 0.4) is 0 Å². The van der Waals surface area contributed by atoms with Gasteiger partial charge < -0.3 is 10.0 Å². The molecular weight excluding hydrogens is 314 g/mol. The molecule has 0 spiro atoms. The molecule has 0 unspecified atom stereocenters. The second-order valence-corrected chi connectivity index (χ2v) is 6.62. The molecule has 5 nitrogen and oxygen atoms in total. The first-order chi connectivity index (χ1) is 11.0. The average Bonchev–Trinajstić information content (AvgIpc) is 3.16. The van der Waals surface area contributed by atoms with Gasteiger partial charge in [-0.1, -0.05) is 36.6 Å². The van der Waals surface area contributed by atoms with Crippen molar-refractivity contribution in [3.05, 3.63) is 47.2 Å². The number of likely N-dealkylation sites (N-methyl/N-ethyl adjacent to an activating group) is 1. The van der Waals surface area contributed by atoms with Crippen LogP contribution in [-0.4, -0.2) is 44.9 Å². The van der Waals surface area contributed by atoms with Crippen molar-refractivity contribution in [2.24, 2.45) is 0 Å². The highest BCUT2D eigenvalue weighted by molar-refractivity contribution is 6.32. The Morgan fingerprint density at radius 2 is 2.09 bits per heavy atom. The molecule has 1 N–H and O–H groups in total. The van der Waals surface area contributed by atoms with Crippen molar-refractivity contribution in [1.29, 1.82) is 0 Å². The van der Waals surface area contributed by atoms with Gasteiger partial charge in [-0.2, -0.15) is 5.10 Å². The zero-order chi connectivity index (χ0) is 16.4. The van der Waals surface area contributed by atoms with Gasteiger partial charge in [-0.3, -0.25) is 4.79 Å². The Morgan fingerprint density at radius 3 is 2.78 bits per heavy atom. The zero-order valence-electron chi connectivity index (χ0n) is 13.1. The lowest BCUT2D eigenvalue weighted by Gasteiger charge is -2.28. The first kappa shape index (κ1) is 16.0. The number of rotatable bonds is 4. The summed E-state index contributed by atoms with van der Waals surface area (Å²) in [5, 5.41) is 15.2. The third kappa shape index (κ3) is 3.41. The smallest absolute Gasteiger partial charge is 0.256 e. The molecule has 1 fully saturated rings. The van der Waals surface area contributed by atoms with Crippen LogP contribution < -0.4 is 0 Å². The van der Waals surface area contributed by atoms with Gasteiger partial charge in [0, 0.05) is 19.8 Å². The third-order valence-electron chi connectivity index (χ3n) is 4.34. The highest BCUT2D eigenvalue weighted by Gasteiger charge is 2.33. The number of carbonyl (C=O) groups excluding carboxylic acids is 1. The van der Waals surface area contributed by atoms with E-state index in [1.165, 1.54) is 6.20 Å². The molecule has 0 aliphatic heterocycles. The number of aromatic nitrogens is 2. The molecule has 23 heavy (non-hydrogen) atoms. The number of hydrogen-bond acceptors (Lipinski definition) is 3. The fourth-order valence-electron chi connectivity index (χ4n) is 3.13. The van der Waals surface area contributed by atoms with Crippen LogP contribution >= 0.6 is 11.6 Å². The minimum atomic E-state index is -0.747. The van der Waals surface area contributed by atoms with Gasteiger partial charge in [-0.15, -0.1) is 0 Å². The van der Waals surface area contributed by atoms with Gasteiger partial charge in [0.15, 0.2) is 0 Å². The summed E-state index contributed by atoms with van der Waals surface area (Å²) in [6.45, 7) is 0.350. The summed E-state index contributed by atoms with van der Waals surface area (Å²) >= 11 is 6.15. The lowest BCUT2D eigenvalue weighted by molar-refractivity contribution is 0.0157. The lowest BCUT2D eigenvalue weighted by atomic mass is 10.0. The van der Waals surface area contributed by atoms with Gasteiger partial charge in [-0.25, -0.2) is 4.68 Å². The number of carbonyl (C=O) groups is 1. The summed E-state index contributed by atoms with van der Waals surface area (Å²) in [6, 6.07) is 7.33. The Kier molecular flexibility index (Phi) is 4.41. The molecule has 0 bridgehead atoms. The molecule has 1 aliphatic carbocycles. The van der Waals surface area contributed by atoms with Crippen molar-refractivity contribution in [3.63, 3.8) is 0 Å². The molecule has 1 saturated carbocycles. The molecule has 2 aromatic rings. The summed E-state index contributed by atoms with van der Waals surface area (Å²) in [5.41, 5.74) is 0.461. The van der Waals surface area contributed by atoms with Crippen LogP contribution in [0.15, 0.2) is 36.7 Å². The summed E-state index contributed by atoms with van der Waals surface area (Å²) in [7, 11) is 1.71. The summed E-state index contributed by atoms with van der Waals surface area (Å²) in [5.74, 6) is -0.149. The molecule has 0 saturated heterocycles. The van der Waals surface area contributed by atoms with E-state index in [9.17, 15) is 9.90 Å². The van der Waals surface area contributed by atoms with E-state index in [1.54, 1.807) is 28.9 Å². The minimum Gasteiger partial charge on any atom is -0.388 e. The number of hydrogen-bond donors (Lipinski definition) is 1. The number of amides is 1. The zero-order valence-corrected chi connectivity index (χ0v) is 13.8. The predicted octanol–water partition coefficient (Wildman–Crippen LogP) is 2.90. The molecular formula is C17H20ClN3O2. The van der Waals surface area contributed by atoms with Crippen LogP contribution in [0.5, 0.6) is 0 Å². The number of aliphatic hydroxyl groups is 1. The Hall–Kier alpha value is -1.85. The van der Waals surface area contributed by atoms with Gasteiger partial charge in [-0.05, 0) is 25.0 Å². The first-order valence-corrected chi connectivity index (χ1v) is 8.14. The van der Waals surface area contributed by atoms with Crippen molar-refractivity contribution >= 4 is 17.5 Å². The van der Waals surface area contributed by atoms with Gasteiger partial charge in [0.2, 0.25) is 0 Å². The fourth-order valence-corrected chi connectivity index (χ4v) is 3.35. The van der Waals surface area contributed by atoms with Gasteiger partial charge in [0.25, 0.3) is 5.91 Å². The SMILES string of the molecule is CN(CC1(O)CCCC1)C(=O)c1cnn(-c2ccccc2Cl)c1. The van der Waals surface area contributed by atoms with E-state index >= 15 is 0 Å². The molecule has 1 aromatic heterocycles. The van der Waals surface area contributed by atoms with Crippen LogP contribution in [0.2, 0.25) is 5.02 Å². The maximum Gasteiger partial charge on any atom is 0.256 e. The van der Waals surface area contributed by atoms with Crippen LogP contribution in [0, 0.1) is 0 Å². The van der Waals surface area contributed by atoms with Crippen LogP contribution in [0.1, 0.15) is 36.0 Å². The van der Waals surface area contributed by atoms with Gasteiger partial charge in [0.05, 0.1) is 28.1 Å². The summed E-state index contributed by atoms with van der Waals surface area (Å²) < 4.78 is 1.59. The predicted molar refractivity (Wildman–Crippen MR) is 89.0 cm³/mol. The Labute approximate surface area is 140 Å². The molecule has 1 aliphatic rings. The van der Waals surface area contributed by atoms with E-state index in [-0.39, 0.29) is 5.91 Å². The number of nitrogens with zero attached hydrogens (tertiary/aromatic N) is 3. The molecule has 1 aromatic carbocycles. The number of benzene rings is 1. The Morgan fingerprint density at radius 1 is 1.39 bits per heavy atom. The monoisotopic (exact) mass is 333 g/mol. The van der Waals surface area contributed by atoms with E-state index < -0.39 is 5.60 Å². The number of para-hydroxylation sites is 1. The highest BCUT2D eigenvalue weighted by atomic mass is 35.5. The average molecular weight is 334 g/mol. The molecule has 3 rings (SSSR count). The van der Waals surface area contributed by atoms with Gasteiger partial charge >= 0.3 is 0 Å². The van der Waals surface area contributed by atoms with E-state index in [4.69, 9.17) is 11.6 Å².